The molecule has 2 nitrogen and oxygen atoms in total. The molecule has 1 unspecified atom stereocenters. The molecule has 1 aliphatic rings. The molecule has 0 saturated carbocycles. The molecule has 0 fully saturated rings. The smallest absolute Gasteiger partial charge is 0.119 e. The topological polar surface area (TPSA) is 29.5 Å². The summed E-state index contributed by atoms with van der Waals surface area (Å²) < 4.78 is 5.36. The predicted octanol–water partition coefficient (Wildman–Crippen LogP) is 2.18. The van der Waals surface area contributed by atoms with Crippen LogP contribution in [0.5, 0.6) is 0 Å². The highest BCUT2D eigenvalue weighted by Crippen LogP contribution is 2.21. The molecule has 0 radical (unpaired) electrons. The molecule has 0 bridgehead atoms. The molecule has 1 N–H and O–H groups in total. The summed E-state index contributed by atoms with van der Waals surface area (Å²) >= 11 is 5.82. The number of rotatable bonds is 3. The van der Waals surface area contributed by atoms with Gasteiger partial charge in [0.2, 0.25) is 0 Å². The van der Waals surface area contributed by atoms with Crippen LogP contribution < -0.4 is 0 Å². The Bertz CT molecular complexity index is 209. The summed E-state index contributed by atoms with van der Waals surface area (Å²) in [7, 11) is 0. The number of ether oxygens (including phenoxy) is 1. The van der Waals surface area contributed by atoms with Crippen LogP contribution >= 0.6 is 11.6 Å². The minimum Gasteiger partial charge on any atom is -0.489 e. The lowest BCUT2D eigenvalue weighted by atomic mass is 10.2. The first-order valence-corrected chi connectivity index (χ1v) is 4.44. The average Bonchev–Trinajstić information content (AvgIpc) is 2.04. The van der Waals surface area contributed by atoms with E-state index in [2.05, 4.69) is 0 Å². The van der Waals surface area contributed by atoms with E-state index in [-0.39, 0.29) is 12.7 Å². The van der Waals surface area contributed by atoms with Gasteiger partial charge >= 0.3 is 0 Å². The summed E-state index contributed by atoms with van der Waals surface area (Å²) in [5.41, 5.74) is 0. The van der Waals surface area contributed by atoms with E-state index in [1.807, 2.05) is 13.0 Å². The van der Waals surface area contributed by atoms with Crippen LogP contribution in [0.4, 0.5) is 0 Å². The van der Waals surface area contributed by atoms with Crippen molar-refractivity contribution in [3.63, 3.8) is 0 Å². The van der Waals surface area contributed by atoms with E-state index in [9.17, 15) is 0 Å². The molecule has 3 heteroatoms. The Labute approximate surface area is 77.5 Å². The van der Waals surface area contributed by atoms with Gasteiger partial charge in [0, 0.05) is 5.03 Å². The van der Waals surface area contributed by atoms with Gasteiger partial charge in [0.15, 0.2) is 0 Å². The third-order valence-electron chi connectivity index (χ3n) is 1.62. The second-order valence-electron chi connectivity index (χ2n) is 2.85. The minimum atomic E-state index is -0.157. The molecular weight excluding hydrogens is 176 g/mol. The average molecular weight is 189 g/mol. The Hall–Kier alpha value is -0.470. The molecule has 0 amide bonds. The van der Waals surface area contributed by atoms with Crippen molar-refractivity contribution in [3.05, 3.63) is 22.9 Å². The van der Waals surface area contributed by atoms with Crippen LogP contribution in [-0.4, -0.2) is 17.8 Å². The van der Waals surface area contributed by atoms with Crippen LogP contribution in [0, 0.1) is 0 Å². The first-order chi connectivity index (χ1) is 5.72. The number of aliphatic hydroxyl groups is 1. The summed E-state index contributed by atoms with van der Waals surface area (Å²) in [6.45, 7) is 1.85. The van der Waals surface area contributed by atoms with Crippen molar-refractivity contribution in [2.45, 2.75) is 25.9 Å². The van der Waals surface area contributed by atoms with Crippen LogP contribution in [0.15, 0.2) is 22.9 Å². The van der Waals surface area contributed by atoms with Gasteiger partial charge in [-0.3, -0.25) is 0 Å². The Morgan fingerprint density at radius 2 is 2.50 bits per heavy atom. The largest absolute Gasteiger partial charge is 0.489 e. The molecule has 0 aromatic carbocycles. The Kier molecular flexibility index (Phi) is 3.63. The van der Waals surface area contributed by atoms with E-state index in [0.29, 0.717) is 0 Å². The van der Waals surface area contributed by atoms with E-state index >= 15 is 0 Å². The van der Waals surface area contributed by atoms with Crippen molar-refractivity contribution < 1.29 is 9.84 Å². The van der Waals surface area contributed by atoms with Crippen molar-refractivity contribution in [1.29, 1.82) is 0 Å². The molecule has 68 valence electrons. The summed E-state index contributed by atoms with van der Waals surface area (Å²) in [4.78, 5) is 0. The van der Waals surface area contributed by atoms with E-state index in [0.717, 1.165) is 23.6 Å². The van der Waals surface area contributed by atoms with Gasteiger partial charge in [-0.15, -0.1) is 0 Å². The molecular formula is C9H13ClO2. The first kappa shape index (κ1) is 9.62. The fraction of sp³-hybridized carbons (Fsp3) is 0.556. The molecule has 1 aliphatic carbocycles. The van der Waals surface area contributed by atoms with Gasteiger partial charge in [0.25, 0.3) is 0 Å². The van der Waals surface area contributed by atoms with E-state index in [1.165, 1.54) is 0 Å². The van der Waals surface area contributed by atoms with Crippen molar-refractivity contribution in [1.82, 2.24) is 0 Å². The zero-order valence-corrected chi connectivity index (χ0v) is 7.84. The van der Waals surface area contributed by atoms with Crippen molar-refractivity contribution >= 4 is 11.6 Å². The number of halogens is 1. The van der Waals surface area contributed by atoms with Crippen molar-refractivity contribution in [2.75, 3.05) is 6.61 Å². The Balaban J connectivity index is 2.47. The van der Waals surface area contributed by atoms with Crippen LogP contribution in [0.25, 0.3) is 0 Å². The second kappa shape index (κ2) is 4.53. The maximum Gasteiger partial charge on any atom is 0.119 e. The van der Waals surface area contributed by atoms with Gasteiger partial charge in [-0.05, 0) is 31.9 Å². The maximum absolute atomic E-state index is 8.73. The van der Waals surface area contributed by atoms with E-state index in [1.54, 1.807) is 6.08 Å². The van der Waals surface area contributed by atoms with Crippen molar-refractivity contribution in [3.8, 4) is 0 Å². The highest BCUT2D eigenvalue weighted by Gasteiger charge is 2.07. The number of hydrogen-bond acceptors (Lipinski definition) is 2. The van der Waals surface area contributed by atoms with Crippen LogP contribution in [0.2, 0.25) is 0 Å². The first-order valence-electron chi connectivity index (χ1n) is 4.06. The predicted molar refractivity (Wildman–Crippen MR) is 48.9 cm³/mol. The van der Waals surface area contributed by atoms with E-state index < -0.39 is 0 Å². The monoisotopic (exact) mass is 188 g/mol. The molecule has 12 heavy (non-hydrogen) atoms. The van der Waals surface area contributed by atoms with Crippen molar-refractivity contribution in [2.24, 2.45) is 0 Å². The third-order valence-corrected chi connectivity index (χ3v) is 1.92. The lowest BCUT2D eigenvalue weighted by Crippen LogP contribution is -2.12. The lowest BCUT2D eigenvalue weighted by molar-refractivity contribution is 0.0775. The highest BCUT2D eigenvalue weighted by molar-refractivity contribution is 6.29. The maximum atomic E-state index is 8.73. The second-order valence-corrected chi connectivity index (χ2v) is 3.33. The minimum absolute atomic E-state index is 0.0306. The summed E-state index contributed by atoms with van der Waals surface area (Å²) in [5.74, 6) is 0.771. The van der Waals surface area contributed by atoms with Gasteiger partial charge in [-0.25, -0.2) is 0 Å². The molecule has 0 heterocycles. The third kappa shape index (κ3) is 2.88. The number of allylic oxidation sites excluding steroid dienone is 3. The molecule has 0 aromatic heterocycles. The Morgan fingerprint density at radius 1 is 1.75 bits per heavy atom. The van der Waals surface area contributed by atoms with Crippen LogP contribution in [0.1, 0.15) is 19.8 Å². The number of hydrogen-bond donors (Lipinski definition) is 1. The lowest BCUT2D eigenvalue weighted by Gasteiger charge is -2.15. The zero-order chi connectivity index (χ0) is 8.97. The Morgan fingerprint density at radius 3 is 3.08 bits per heavy atom. The summed E-state index contributed by atoms with van der Waals surface area (Å²) in [6, 6.07) is 0. The highest BCUT2D eigenvalue weighted by atomic mass is 35.5. The molecule has 1 atom stereocenters. The van der Waals surface area contributed by atoms with Gasteiger partial charge in [-0.1, -0.05) is 11.6 Å². The standard InChI is InChI=1S/C9H13ClO2/c1-7(6-11)12-9-4-2-3-8(10)5-9/h4-5,7,11H,2-3,6H2,1H3. The van der Waals surface area contributed by atoms with Crippen LogP contribution in [0.3, 0.4) is 0 Å². The normalized spacial score (nSPS) is 19.6. The van der Waals surface area contributed by atoms with E-state index in [4.69, 9.17) is 21.4 Å². The van der Waals surface area contributed by atoms with Gasteiger partial charge in [0.05, 0.1) is 6.61 Å². The van der Waals surface area contributed by atoms with Gasteiger partial charge < -0.3 is 9.84 Å². The zero-order valence-electron chi connectivity index (χ0n) is 7.09. The fourth-order valence-corrected chi connectivity index (χ4v) is 1.21. The molecule has 0 spiro atoms. The summed E-state index contributed by atoms with van der Waals surface area (Å²) in [6.07, 6.45) is 5.44. The molecule has 0 aromatic rings. The molecule has 1 rings (SSSR count). The SMILES string of the molecule is CC(CO)OC1=CCCC(Cl)=C1. The van der Waals surface area contributed by atoms with Crippen LogP contribution in [-0.2, 0) is 4.74 Å². The summed E-state index contributed by atoms with van der Waals surface area (Å²) in [5, 5.41) is 9.54. The van der Waals surface area contributed by atoms with Gasteiger partial charge in [0.1, 0.15) is 11.9 Å². The molecule has 0 saturated heterocycles. The fourth-order valence-electron chi connectivity index (χ4n) is 0.989. The molecule has 0 aliphatic heterocycles. The quantitative estimate of drug-likeness (QED) is 0.736. The van der Waals surface area contributed by atoms with Gasteiger partial charge in [-0.2, -0.15) is 0 Å². The number of aliphatic hydroxyl groups excluding tert-OH is 1.